The molecule has 7 heteroatoms. The van der Waals surface area contributed by atoms with Crippen LogP contribution in [0.3, 0.4) is 0 Å². The molecule has 0 amide bonds. The molecule has 2 aromatic rings. The topological polar surface area (TPSA) is 95.0 Å². The minimum absolute atomic E-state index is 0.0160. The molecule has 42 heavy (non-hydrogen) atoms. The first kappa shape index (κ1) is 33.9. The second kappa shape index (κ2) is 14.2. The molecule has 1 aromatic heterocycles. The maximum atomic E-state index is 13.9. The summed E-state index contributed by atoms with van der Waals surface area (Å²) in [7, 11) is 1.69. The van der Waals surface area contributed by atoms with Gasteiger partial charge in [-0.3, -0.25) is 14.6 Å². The predicted molar refractivity (Wildman–Crippen MR) is 167 cm³/mol. The van der Waals surface area contributed by atoms with Crippen molar-refractivity contribution in [3.63, 3.8) is 0 Å². The number of esters is 1. The maximum Gasteiger partial charge on any atom is 0.309 e. The summed E-state index contributed by atoms with van der Waals surface area (Å²) in [6, 6.07) is 9.96. The molecular formula is C35H51NO6. The van der Waals surface area contributed by atoms with E-state index in [0.29, 0.717) is 19.3 Å². The van der Waals surface area contributed by atoms with Crippen LogP contribution in [0.5, 0.6) is 0 Å². The highest BCUT2D eigenvalue weighted by Gasteiger charge is 2.48. The number of para-hydroxylation sites is 1. The van der Waals surface area contributed by atoms with Crippen LogP contribution in [0, 0.1) is 29.6 Å². The van der Waals surface area contributed by atoms with Crippen molar-refractivity contribution < 1.29 is 28.9 Å². The first-order chi connectivity index (χ1) is 19.7. The Morgan fingerprint density at radius 1 is 1.10 bits per heavy atom. The highest BCUT2D eigenvalue weighted by atomic mass is 16.6. The molecule has 0 saturated carbocycles. The average molecular weight is 582 g/mol. The lowest BCUT2D eigenvalue weighted by atomic mass is 9.71. The van der Waals surface area contributed by atoms with Crippen molar-refractivity contribution in [2.45, 2.75) is 98.1 Å². The van der Waals surface area contributed by atoms with Crippen LogP contribution in [0.25, 0.3) is 17.0 Å². The number of rotatable bonds is 6. The quantitative estimate of drug-likeness (QED) is 0.382. The SMILES string of the molecule is CC[C@H]1OC(=O)[C@H](C)C[C@H](C)[C@@H](C)[C@](C)(OC)C[C@@H](C)C(=O)[C@H](C)[C@@H](OC/C=C/c2cnc3ccccc3c2)[C@]1(C)O. The number of ketones is 1. The third-order valence-corrected chi connectivity index (χ3v) is 9.66. The van der Waals surface area contributed by atoms with Gasteiger partial charge in [-0.15, -0.1) is 0 Å². The van der Waals surface area contributed by atoms with Gasteiger partial charge in [-0.25, -0.2) is 0 Å². The average Bonchev–Trinajstić information content (AvgIpc) is 2.97. The third-order valence-electron chi connectivity index (χ3n) is 9.66. The van der Waals surface area contributed by atoms with Gasteiger partial charge in [0.25, 0.3) is 0 Å². The molecule has 0 aliphatic carbocycles. The molecule has 7 nitrogen and oxygen atoms in total. The van der Waals surface area contributed by atoms with Gasteiger partial charge in [0.15, 0.2) is 0 Å². The lowest BCUT2D eigenvalue weighted by molar-refractivity contribution is -0.198. The van der Waals surface area contributed by atoms with Crippen molar-refractivity contribution in [3.8, 4) is 0 Å². The number of nitrogens with zero attached hydrogens (tertiary/aromatic N) is 1. The number of cyclic esters (lactones) is 1. The molecule has 1 aliphatic heterocycles. The van der Waals surface area contributed by atoms with Crippen LogP contribution < -0.4 is 0 Å². The third kappa shape index (κ3) is 7.66. The van der Waals surface area contributed by atoms with E-state index in [1.165, 1.54) is 0 Å². The van der Waals surface area contributed by atoms with E-state index in [4.69, 9.17) is 14.2 Å². The zero-order chi connectivity index (χ0) is 31.2. The number of carbonyl (C=O) groups is 2. The fourth-order valence-electron chi connectivity index (χ4n) is 6.62. The van der Waals surface area contributed by atoms with Gasteiger partial charge in [-0.05, 0) is 62.6 Å². The molecule has 1 aromatic carbocycles. The lowest BCUT2D eigenvalue weighted by Crippen LogP contribution is -2.57. The summed E-state index contributed by atoms with van der Waals surface area (Å²) in [6.45, 7) is 15.5. The molecule has 1 N–H and O–H groups in total. The van der Waals surface area contributed by atoms with E-state index in [0.717, 1.165) is 16.5 Å². The summed E-state index contributed by atoms with van der Waals surface area (Å²) in [5.41, 5.74) is -0.329. The van der Waals surface area contributed by atoms with Gasteiger partial charge in [-0.1, -0.05) is 71.9 Å². The highest BCUT2D eigenvalue weighted by Crippen LogP contribution is 2.39. The zero-order valence-electron chi connectivity index (χ0n) is 26.9. The second-order valence-corrected chi connectivity index (χ2v) is 12.9. The van der Waals surface area contributed by atoms with Crippen LogP contribution in [0.4, 0.5) is 0 Å². The Balaban J connectivity index is 1.92. The fourth-order valence-corrected chi connectivity index (χ4v) is 6.62. The van der Waals surface area contributed by atoms with Crippen molar-refractivity contribution in [2.24, 2.45) is 29.6 Å². The predicted octanol–water partition coefficient (Wildman–Crippen LogP) is 6.65. The number of benzene rings is 1. The van der Waals surface area contributed by atoms with Crippen molar-refractivity contribution in [3.05, 3.63) is 48.2 Å². The molecule has 1 aliphatic rings. The number of Topliss-reactive ketones (excluding diaryl/α,β-unsaturated/α-hetero) is 1. The van der Waals surface area contributed by atoms with Crippen molar-refractivity contribution in [2.75, 3.05) is 13.7 Å². The summed E-state index contributed by atoms with van der Waals surface area (Å²) in [5.74, 6) is -1.47. The molecule has 3 rings (SSSR count). The highest BCUT2D eigenvalue weighted by molar-refractivity contribution is 5.84. The summed E-state index contributed by atoms with van der Waals surface area (Å²) in [5, 5.41) is 13.0. The molecule has 1 fully saturated rings. The van der Waals surface area contributed by atoms with E-state index in [9.17, 15) is 14.7 Å². The Hall–Kier alpha value is -2.61. The zero-order valence-corrected chi connectivity index (χ0v) is 26.9. The Morgan fingerprint density at radius 3 is 2.45 bits per heavy atom. The number of aromatic nitrogens is 1. The number of hydrogen-bond acceptors (Lipinski definition) is 7. The number of aliphatic hydroxyl groups is 1. The number of hydrogen-bond donors (Lipinski definition) is 1. The molecule has 0 radical (unpaired) electrons. The molecule has 9 atom stereocenters. The van der Waals surface area contributed by atoms with Crippen molar-refractivity contribution in [1.82, 2.24) is 4.98 Å². The molecule has 2 heterocycles. The second-order valence-electron chi connectivity index (χ2n) is 12.9. The normalized spacial score (nSPS) is 35.7. The number of pyridine rings is 1. The van der Waals surface area contributed by atoms with Gasteiger partial charge < -0.3 is 19.3 Å². The van der Waals surface area contributed by atoms with Crippen LogP contribution >= 0.6 is 0 Å². The smallest absolute Gasteiger partial charge is 0.309 e. The van der Waals surface area contributed by atoms with Gasteiger partial charge in [0, 0.05) is 30.5 Å². The number of methoxy groups -OCH3 is 1. The van der Waals surface area contributed by atoms with Crippen molar-refractivity contribution >= 4 is 28.7 Å². The number of fused-ring (bicyclic) bond motifs is 1. The lowest BCUT2D eigenvalue weighted by Gasteiger charge is -2.43. The Bertz CT molecular complexity index is 1240. The summed E-state index contributed by atoms with van der Waals surface area (Å²) in [4.78, 5) is 31.7. The van der Waals surface area contributed by atoms with Crippen LogP contribution in [0.15, 0.2) is 42.6 Å². The van der Waals surface area contributed by atoms with Gasteiger partial charge >= 0.3 is 5.97 Å². The monoisotopic (exact) mass is 581 g/mol. The van der Waals surface area contributed by atoms with Crippen LogP contribution in [-0.2, 0) is 23.8 Å². The van der Waals surface area contributed by atoms with E-state index in [2.05, 4.69) is 18.8 Å². The van der Waals surface area contributed by atoms with Gasteiger partial charge in [0.2, 0.25) is 0 Å². The standard InChI is InChI=1S/C35H51NO6/c1-10-30-35(8,39)32(41-17-13-14-27-19-28-15-11-12-16-29(28)36-21-27)25(5)31(37)24(4)20-34(7,40-9)26(6)22(2)18-23(3)33(38)42-30/h11-16,19,21-26,30,32,39H,10,17-18,20H2,1-9H3/b14-13+/t22-,23+,24+,25-,26+,30+,32+,34+,35+/m0/s1. The summed E-state index contributed by atoms with van der Waals surface area (Å²) < 4.78 is 18.3. The van der Waals surface area contributed by atoms with E-state index in [1.807, 2.05) is 70.2 Å². The van der Waals surface area contributed by atoms with Gasteiger partial charge in [0.05, 0.1) is 29.7 Å². The van der Waals surface area contributed by atoms with Gasteiger partial charge in [-0.2, -0.15) is 0 Å². The number of ether oxygens (including phenoxy) is 3. The molecule has 1 saturated heterocycles. The minimum atomic E-state index is -1.61. The largest absolute Gasteiger partial charge is 0.459 e. The van der Waals surface area contributed by atoms with Crippen LogP contribution in [0.1, 0.15) is 80.2 Å². The molecular weight excluding hydrogens is 530 g/mol. The molecule has 232 valence electrons. The summed E-state index contributed by atoms with van der Waals surface area (Å²) in [6.07, 6.45) is 5.35. The molecule has 0 bridgehead atoms. The van der Waals surface area contributed by atoms with E-state index in [-0.39, 0.29) is 42.0 Å². The summed E-state index contributed by atoms with van der Waals surface area (Å²) >= 11 is 0. The Morgan fingerprint density at radius 2 is 1.79 bits per heavy atom. The van der Waals surface area contributed by atoms with Gasteiger partial charge in [0.1, 0.15) is 17.5 Å². The van der Waals surface area contributed by atoms with E-state index >= 15 is 0 Å². The first-order valence-corrected chi connectivity index (χ1v) is 15.4. The van der Waals surface area contributed by atoms with Crippen LogP contribution in [0.2, 0.25) is 0 Å². The number of carbonyl (C=O) groups excluding carboxylic acids is 2. The van der Waals surface area contributed by atoms with Crippen molar-refractivity contribution in [1.29, 1.82) is 0 Å². The first-order valence-electron chi connectivity index (χ1n) is 15.4. The maximum absolute atomic E-state index is 13.9. The molecule has 0 unspecified atom stereocenters. The van der Waals surface area contributed by atoms with E-state index in [1.54, 1.807) is 27.2 Å². The minimum Gasteiger partial charge on any atom is -0.459 e. The fraction of sp³-hybridized carbons (Fsp3) is 0.629. The molecule has 0 spiro atoms. The van der Waals surface area contributed by atoms with E-state index < -0.39 is 29.3 Å². The Kier molecular flexibility index (Phi) is 11.5. The Labute approximate surface area is 252 Å². The van der Waals surface area contributed by atoms with Crippen LogP contribution in [-0.4, -0.2) is 59.0 Å².